The Bertz CT molecular complexity index is 743. The van der Waals surface area contributed by atoms with Crippen molar-refractivity contribution >= 4 is 40.4 Å². The van der Waals surface area contributed by atoms with Gasteiger partial charge in [0.1, 0.15) is 12.0 Å². The summed E-state index contributed by atoms with van der Waals surface area (Å²) in [4.78, 5) is 7.04. The molecule has 4 rings (SSSR count). The molecular weight excluding hydrogens is 355 g/mol. The van der Waals surface area contributed by atoms with Gasteiger partial charge in [-0.15, -0.1) is 0 Å². The number of anilines is 3. The van der Waals surface area contributed by atoms with E-state index in [0.717, 1.165) is 22.8 Å². The molecule has 1 aromatic heterocycles. The van der Waals surface area contributed by atoms with Gasteiger partial charge in [-0.2, -0.15) is 0 Å². The number of hydrogen-bond acceptors (Lipinski definition) is 4. The molecule has 132 valence electrons. The summed E-state index contributed by atoms with van der Waals surface area (Å²) in [5.74, 6) is 1.03. The molecule has 2 heterocycles. The van der Waals surface area contributed by atoms with Crippen molar-refractivity contribution in [3.8, 4) is 0 Å². The Balaban J connectivity index is 1.61. The van der Waals surface area contributed by atoms with Gasteiger partial charge in [0.05, 0.1) is 21.4 Å². The largest absolute Gasteiger partial charge is 0.360 e. The van der Waals surface area contributed by atoms with E-state index in [-0.39, 0.29) is 6.17 Å². The summed E-state index contributed by atoms with van der Waals surface area (Å²) in [6.07, 6.45) is 8.27. The zero-order chi connectivity index (χ0) is 17.4. The number of halogens is 2. The van der Waals surface area contributed by atoms with Gasteiger partial charge < -0.3 is 15.5 Å². The quantitative estimate of drug-likeness (QED) is 0.721. The van der Waals surface area contributed by atoms with Crippen molar-refractivity contribution in [3.05, 3.63) is 46.1 Å². The second kappa shape index (κ2) is 6.93. The highest BCUT2D eigenvalue weighted by Crippen LogP contribution is 2.42. The monoisotopic (exact) mass is 376 g/mol. The number of benzene rings is 1. The van der Waals surface area contributed by atoms with Crippen molar-refractivity contribution in [1.82, 2.24) is 4.98 Å². The molecule has 1 aliphatic heterocycles. The molecule has 6 heteroatoms. The highest BCUT2D eigenvalue weighted by molar-refractivity contribution is 6.42. The highest BCUT2D eigenvalue weighted by Gasteiger charge is 2.28. The van der Waals surface area contributed by atoms with Crippen LogP contribution in [0.5, 0.6) is 0 Å². The van der Waals surface area contributed by atoms with Crippen LogP contribution < -0.4 is 15.5 Å². The van der Waals surface area contributed by atoms with Crippen LogP contribution in [0.2, 0.25) is 10.0 Å². The van der Waals surface area contributed by atoms with Crippen LogP contribution in [-0.2, 0) is 0 Å². The van der Waals surface area contributed by atoms with Crippen LogP contribution in [0.3, 0.4) is 0 Å². The summed E-state index contributed by atoms with van der Waals surface area (Å²) in [5, 5.41) is 8.11. The summed E-state index contributed by atoms with van der Waals surface area (Å²) < 4.78 is 0. The maximum absolute atomic E-state index is 6.15. The third-order valence-electron chi connectivity index (χ3n) is 5.24. The summed E-state index contributed by atoms with van der Waals surface area (Å²) >= 11 is 12.3. The molecule has 1 saturated carbocycles. The van der Waals surface area contributed by atoms with Crippen LogP contribution in [0.15, 0.2) is 30.5 Å². The predicted octanol–water partition coefficient (Wildman–Crippen LogP) is 5.69. The molecule has 25 heavy (non-hydrogen) atoms. The Morgan fingerprint density at radius 3 is 2.32 bits per heavy atom. The summed E-state index contributed by atoms with van der Waals surface area (Å²) in [5.41, 5.74) is 3.07. The predicted molar refractivity (Wildman–Crippen MR) is 106 cm³/mol. The molecule has 0 atom stereocenters. The number of nitrogens with zero attached hydrogens (tertiary/aromatic N) is 2. The maximum Gasteiger partial charge on any atom is 0.135 e. The third kappa shape index (κ3) is 3.25. The fraction of sp³-hybridized carbons (Fsp3) is 0.421. The fourth-order valence-corrected chi connectivity index (χ4v) is 4.19. The first-order valence-electron chi connectivity index (χ1n) is 8.83. The molecule has 1 aromatic carbocycles. The van der Waals surface area contributed by atoms with Crippen molar-refractivity contribution in [2.24, 2.45) is 0 Å². The lowest BCUT2D eigenvalue weighted by atomic mass is 9.94. The molecule has 0 radical (unpaired) electrons. The molecule has 0 amide bonds. The fourth-order valence-electron chi connectivity index (χ4n) is 3.86. The van der Waals surface area contributed by atoms with Gasteiger partial charge in [-0.3, -0.25) is 0 Å². The van der Waals surface area contributed by atoms with E-state index < -0.39 is 0 Å². The molecule has 1 fully saturated rings. The van der Waals surface area contributed by atoms with Gasteiger partial charge in [0.15, 0.2) is 0 Å². The van der Waals surface area contributed by atoms with Gasteiger partial charge in [0.2, 0.25) is 0 Å². The highest BCUT2D eigenvalue weighted by atomic mass is 35.5. The molecule has 1 aliphatic carbocycles. The lowest BCUT2D eigenvalue weighted by Crippen LogP contribution is -2.35. The summed E-state index contributed by atoms with van der Waals surface area (Å²) in [6, 6.07) is 8.41. The number of rotatable bonds is 3. The summed E-state index contributed by atoms with van der Waals surface area (Å²) in [6.45, 7) is 0. The average Bonchev–Trinajstić information content (AvgIpc) is 3.05. The number of aromatic nitrogens is 1. The molecule has 2 aromatic rings. The molecule has 4 nitrogen and oxygen atoms in total. The van der Waals surface area contributed by atoms with E-state index in [9.17, 15) is 0 Å². The van der Waals surface area contributed by atoms with Crippen LogP contribution in [0.25, 0.3) is 0 Å². The van der Waals surface area contributed by atoms with E-state index in [1.807, 2.05) is 24.4 Å². The first-order chi connectivity index (χ1) is 12.1. The van der Waals surface area contributed by atoms with Gasteiger partial charge in [-0.25, -0.2) is 4.98 Å². The first kappa shape index (κ1) is 16.8. The maximum atomic E-state index is 6.15. The van der Waals surface area contributed by atoms with E-state index in [0.29, 0.717) is 16.1 Å². The van der Waals surface area contributed by atoms with Gasteiger partial charge in [0.25, 0.3) is 0 Å². The average molecular weight is 377 g/mol. The van der Waals surface area contributed by atoms with E-state index >= 15 is 0 Å². The van der Waals surface area contributed by atoms with Crippen molar-refractivity contribution < 1.29 is 0 Å². The molecule has 0 spiro atoms. The van der Waals surface area contributed by atoms with Gasteiger partial charge in [-0.1, -0.05) is 42.5 Å². The number of nitrogens with one attached hydrogen (secondary N) is 2. The number of hydrogen-bond donors (Lipinski definition) is 2. The molecule has 0 unspecified atom stereocenters. The minimum Gasteiger partial charge on any atom is -0.360 e. The Morgan fingerprint density at radius 1 is 1.04 bits per heavy atom. The molecule has 2 aliphatic rings. The summed E-state index contributed by atoms with van der Waals surface area (Å²) in [7, 11) is 2.16. The SMILES string of the molecule is CN(c1ncccc1C1Nc2cc(Cl)c(Cl)cc2N1)C1CCCCC1. The topological polar surface area (TPSA) is 40.2 Å². The van der Waals surface area contributed by atoms with Gasteiger partial charge in [-0.05, 0) is 37.1 Å². The van der Waals surface area contributed by atoms with Crippen LogP contribution in [0.4, 0.5) is 17.2 Å². The van der Waals surface area contributed by atoms with Crippen LogP contribution >= 0.6 is 23.2 Å². The molecule has 0 bridgehead atoms. The lowest BCUT2D eigenvalue weighted by molar-refractivity contribution is 0.425. The molecular formula is C19H22Cl2N4. The van der Waals surface area contributed by atoms with Crippen molar-refractivity contribution in [2.45, 2.75) is 44.3 Å². The molecule has 2 N–H and O–H groups in total. The second-order valence-electron chi connectivity index (χ2n) is 6.85. The van der Waals surface area contributed by atoms with Crippen LogP contribution in [0, 0.1) is 0 Å². The van der Waals surface area contributed by atoms with Crippen molar-refractivity contribution in [1.29, 1.82) is 0 Å². The minimum absolute atomic E-state index is 0.0423. The van der Waals surface area contributed by atoms with Gasteiger partial charge >= 0.3 is 0 Å². The lowest BCUT2D eigenvalue weighted by Gasteiger charge is -2.34. The molecule has 0 saturated heterocycles. The normalized spacial score (nSPS) is 17.7. The van der Waals surface area contributed by atoms with E-state index in [1.165, 1.54) is 32.1 Å². The number of fused-ring (bicyclic) bond motifs is 1. The Kier molecular flexibility index (Phi) is 4.65. The minimum atomic E-state index is -0.0423. The Hall–Kier alpha value is -1.65. The Labute approximate surface area is 158 Å². The third-order valence-corrected chi connectivity index (χ3v) is 5.97. The number of pyridine rings is 1. The van der Waals surface area contributed by atoms with Crippen molar-refractivity contribution in [3.63, 3.8) is 0 Å². The zero-order valence-corrected chi connectivity index (χ0v) is 15.7. The second-order valence-corrected chi connectivity index (χ2v) is 7.67. The van der Waals surface area contributed by atoms with Crippen LogP contribution in [0.1, 0.15) is 43.8 Å². The van der Waals surface area contributed by atoms with Gasteiger partial charge in [0, 0.05) is 24.8 Å². The zero-order valence-electron chi connectivity index (χ0n) is 14.2. The standard InChI is InChI=1S/C19H22Cl2N4/c1-25(12-6-3-2-4-7-12)19-13(8-5-9-22-19)18-23-16-10-14(20)15(21)11-17(16)24-18/h5,8-12,18,23-24H,2-4,6-7H2,1H3. The first-order valence-corrected chi connectivity index (χ1v) is 9.59. The van der Waals surface area contributed by atoms with E-state index in [1.54, 1.807) is 0 Å². The Morgan fingerprint density at radius 2 is 1.68 bits per heavy atom. The van der Waals surface area contributed by atoms with Crippen molar-refractivity contribution in [2.75, 3.05) is 22.6 Å². The van der Waals surface area contributed by atoms with E-state index in [2.05, 4.69) is 28.6 Å². The van der Waals surface area contributed by atoms with E-state index in [4.69, 9.17) is 28.2 Å². The smallest absolute Gasteiger partial charge is 0.135 e. The van der Waals surface area contributed by atoms with Crippen LogP contribution in [-0.4, -0.2) is 18.1 Å².